The molecule has 0 saturated carbocycles. The van der Waals surface area contributed by atoms with Crippen LogP contribution in [-0.4, -0.2) is 4.57 Å². The predicted octanol–water partition coefficient (Wildman–Crippen LogP) is 4.95. The second kappa shape index (κ2) is 7.42. The molecule has 0 bridgehead atoms. The SMILES string of the molecule is Fc1ccccc1Cn1ccc2ccc(CNNc3ccccc3)cc21. The normalized spacial score (nSPS) is 11.0. The first-order valence-electron chi connectivity index (χ1n) is 8.65. The van der Waals surface area contributed by atoms with Crippen LogP contribution >= 0.6 is 0 Å². The lowest BCUT2D eigenvalue weighted by atomic mass is 10.1. The smallest absolute Gasteiger partial charge is 0.128 e. The summed E-state index contributed by atoms with van der Waals surface area (Å²) in [6, 6.07) is 25.3. The number of nitrogens with one attached hydrogen (secondary N) is 2. The molecule has 1 aromatic heterocycles. The number of benzene rings is 3. The Morgan fingerprint density at radius 1 is 0.846 bits per heavy atom. The predicted molar refractivity (Wildman–Crippen MR) is 104 cm³/mol. The number of hydrogen-bond acceptors (Lipinski definition) is 2. The number of nitrogens with zero attached hydrogens (tertiary/aromatic N) is 1. The molecule has 1 heterocycles. The minimum atomic E-state index is -0.167. The molecule has 4 rings (SSSR count). The minimum absolute atomic E-state index is 0.167. The van der Waals surface area contributed by atoms with Gasteiger partial charge in [0.1, 0.15) is 5.82 Å². The van der Waals surface area contributed by atoms with Gasteiger partial charge in [-0.3, -0.25) is 0 Å². The van der Waals surface area contributed by atoms with Crippen LogP contribution in [0.15, 0.2) is 85.1 Å². The molecule has 0 aliphatic carbocycles. The number of para-hydroxylation sites is 1. The molecule has 0 spiro atoms. The molecule has 0 aliphatic heterocycles. The molecule has 2 N–H and O–H groups in total. The fourth-order valence-electron chi connectivity index (χ4n) is 3.06. The summed E-state index contributed by atoms with van der Waals surface area (Å²) in [5.74, 6) is -0.167. The van der Waals surface area contributed by atoms with Gasteiger partial charge in [0.25, 0.3) is 0 Å². The number of aromatic nitrogens is 1. The van der Waals surface area contributed by atoms with E-state index >= 15 is 0 Å². The first-order valence-corrected chi connectivity index (χ1v) is 8.65. The molecule has 0 saturated heterocycles. The van der Waals surface area contributed by atoms with E-state index in [2.05, 4.69) is 39.7 Å². The van der Waals surface area contributed by atoms with Crippen LogP contribution in [0.5, 0.6) is 0 Å². The molecule has 4 aromatic rings. The Morgan fingerprint density at radius 2 is 1.65 bits per heavy atom. The lowest BCUT2D eigenvalue weighted by Gasteiger charge is -2.10. The van der Waals surface area contributed by atoms with E-state index in [1.165, 1.54) is 6.07 Å². The van der Waals surface area contributed by atoms with E-state index in [9.17, 15) is 4.39 Å². The van der Waals surface area contributed by atoms with Gasteiger partial charge in [-0.25, -0.2) is 9.82 Å². The molecular weight excluding hydrogens is 325 g/mol. The molecule has 26 heavy (non-hydrogen) atoms. The lowest BCUT2D eigenvalue weighted by Crippen LogP contribution is -2.20. The van der Waals surface area contributed by atoms with Crippen LogP contribution < -0.4 is 10.9 Å². The number of rotatable bonds is 6. The zero-order chi connectivity index (χ0) is 17.8. The number of hydrogen-bond donors (Lipinski definition) is 2. The van der Waals surface area contributed by atoms with Crippen molar-refractivity contribution in [3.05, 3.63) is 102 Å². The Balaban J connectivity index is 1.50. The fraction of sp³-hybridized carbons (Fsp3) is 0.0909. The van der Waals surface area contributed by atoms with Crippen molar-refractivity contribution in [3.63, 3.8) is 0 Å². The third-order valence-corrected chi connectivity index (χ3v) is 4.44. The van der Waals surface area contributed by atoms with Crippen LogP contribution in [0.25, 0.3) is 10.9 Å². The maximum absolute atomic E-state index is 14.0. The van der Waals surface area contributed by atoms with E-state index in [0.717, 1.165) is 22.2 Å². The molecule has 0 atom stereocenters. The monoisotopic (exact) mass is 345 g/mol. The third-order valence-electron chi connectivity index (χ3n) is 4.44. The second-order valence-corrected chi connectivity index (χ2v) is 6.27. The van der Waals surface area contributed by atoms with Crippen LogP contribution in [-0.2, 0) is 13.1 Å². The molecule has 130 valence electrons. The van der Waals surface area contributed by atoms with Gasteiger partial charge in [-0.2, -0.15) is 0 Å². The standard InChI is InChI=1S/C22H20FN3/c23-21-9-5-4-6-19(21)16-26-13-12-18-11-10-17(14-22(18)26)15-24-25-20-7-2-1-3-8-20/h1-14,24-25H,15-16H2. The number of hydrazine groups is 1. The second-order valence-electron chi connectivity index (χ2n) is 6.27. The van der Waals surface area contributed by atoms with Crippen molar-refractivity contribution in [2.45, 2.75) is 13.1 Å². The van der Waals surface area contributed by atoms with Crippen LogP contribution in [0, 0.1) is 5.82 Å². The van der Waals surface area contributed by atoms with Crippen molar-refractivity contribution in [2.75, 3.05) is 5.43 Å². The zero-order valence-corrected chi connectivity index (χ0v) is 14.3. The summed E-state index contributed by atoms with van der Waals surface area (Å²) in [6.07, 6.45) is 2.01. The van der Waals surface area contributed by atoms with Crippen molar-refractivity contribution < 1.29 is 4.39 Å². The van der Waals surface area contributed by atoms with Gasteiger partial charge in [0.05, 0.1) is 6.54 Å². The van der Waals surface area contributed by atoms with Crippen molar-refractivity contribution in [3.8, 4) is 0 Å². The van der Waals surface area contributed by atoms with Crippen molar-refractivity contribution in [1.82, 2.24) is 9.99 Å². The first kappa shape index (κ1) is 16.4. The Bertz CT molecular complexity index is 1010. The molecule has 0 amide bonds. The summed E-state index contributed by atoms with van der Waals surface area (Å²) in [7, 11) is 0. The maximum Gasteiger partial charge on any atom is 0.128 e. The van der Waals surface area contributed by atoms with Gasteiger partial charge < -0.3 is 9.99 Å². The highest BCUT2D eigenvalue weighted by Gasteiger charge is 2.06. The molecule has 0 unspecified atom stereocenters. The Morgan fingerprint density at radius 3 is 2.50 bits per heavy atom. The molecule has 4 heteroatoms. The maximum atomic E-state index is 14.0. The molecule has 0 aliphatic rings. The zero-order valence-electron chi connectivity index (χ0n) is 14.3. The summed E-state index contributed by atoms with van der Waals surface area (Å²) in [5, 5.41) is 1.15. The minimum Gasteiger partial charge on any atom is -0.343 e. The average Bonchev–Trinajstić information content (AvgIpc) is 3.07. The van der Waals surface area contributed by atoms with Crippen molar-refractivity contribution >= 4 is 16.6 Å². The van der Waals surface area contributed by atoms with Gasteiger partial charge in [-0.1, -0.05) is 48.5 Å². The Hall–Kier alpha value is -3.11. The van der Waals surface area contributed by atoms with Crippen molar-refractivity contribution in [1.29, 1.82) is 0 Å². The third kappa shape index (κ3) is 3.60. The van der Waals surface area contributed by atoms with Crippen LogP contribution in [0.2, 0.25) is 0 Å². The first-order chi connectivity index (χ1) is 12.8. The van der Waals surface area contributed by atoms with Crippen LogP contribution in [0.4, 0.5) is 10.1 Å². The highest BCUT2D eigenvalue weighted by Crippen LogP contribution is 2.20. The summed E-state index contributed by atoms with van der Waals surface area (Å²) in [6.45, 7) is 1.21. The van der Waals surface area contributed by atoms with Gasteiger partial charge in [-0.15, -0.1) is 0 Å². The Kier molecular flexibility index (Phi) is 4.67. The molecular formula is C22H20FN3. The number of anilines is 1. The summed E-state index contributed by atoms with van der Waals surface area (Å²) in [5.41, 5.74) is 10.4. The van der Waals surface area contributed by atoms with Gasteiger partial charge in [-0.05, 0) is 41.3 Å². The largest absolute Gasteiger partial charge is 0.343 e. The molecule has 0 radical (unpaired) electrons. The number of fused-ring (bicyclic) bond motifs is 1. The quantitative estimate of drug-likeness (QED) is 0.484. The average molecular weight is 345 g/mol. The molecule has 3 aromatic carbocycles. The van der Waals surface area contributed by atoms with Gasteiger partial charge in [0.2, 0.25) is 0 Å². The molecule has 3 nitrogen and oxygen atoms in total. The van der Waals surface area contributed by atoms with Gasteiger partial charge in [0, 0.05) is 29.5 Å². The summed E-state index contributed by atoms with van der Waals surface area (Å²) in [4.78, 5) is 0. The van der Waals surface area contributed by atoms with E-state index < -0.39 is 0 Å². The van der Waals surface area contributed by atoms with Crippen LogP contribution in [0.3, 0.4) is 0 Å². The lowest BCUT2D eigenvalue weighted by molar-refractivity contribution is 0.602. The van der Waals surface area contributed by atoms with E-state index in [1.54, 1.807) is 6.07 Å². The van der Waals surface area contributed by atoms with Gasteiger partial charge >= 0.3 is 0 Å². The van der Waals surface area contributed by atoms with E-state index in [0.29, 0.717) is 18.7 Å². The highest BCUT2D eigenvalue weighted by atomic mass is 19.1. The Labute approximate surface area is 152 Å². The fourth-order valence-corrected chi connectivity index (χ4v) is 3.06. The summed E-state index contributed by atoms with van der Waals surface area (Å²) < 4.78 is 16.0. The topological polar surface area (TPSA) is 29.0 Å². The van der Waals surface area contributed by atoms with E-state index in [-0.39, 0.29) is 5.82 Å². The van der Waals surface area contributed by atoms with E-state index in [1.807, 2.05) is 48.7 Å². The van der Waals surface area contributed by atoms with Gasteiger partial charge in [0.15, 0.2) is 0 Å². The van der Waals surface area contributed by atoms with E-state index in [4.69, 9.17) is 0 Å². The number of halogens is 1. The molecule has 0 fully saturated rings. The summed E-state index contributed by atoms with van der Waals surface area (Å²) >= 11 is 0. The van der Waals surface area contributed by atoms with Crippen LogP contribution in [0.1, 0.15) is 11.1 Å². The highest BCUT2D eigenvalue weighted by molar-refractivity contribution is 5.81. The van der Waals surface area contributed by atoms with Crippen molar-refractivity contribution in [2.24, 2.45) is 0 Å².